The molecule has 0 unspecified atom stereocenters. The van der Waals surface area contributed by atoms with E-state index in [-0.39, 0.29) is 11.7 Å². The molecule has 0 aliphatic carbocycles. The summed E-state index contributed by atoms with van der Waals surface area (Å²) < 4.78 is 18.5. The Morgan fingerprint density at radius 2 is 1.85 bits per heavy atom. The van der Waals surface area contributed by atoms with Gasteiger partial charge in [0.1, 0.15) is 11.6 Å². The van der Waals surface area contributed by atoms with Crippen molar-refractivity contribution in [3.63, 3.8) is 0 Å². The number of rotatable bonds is 4. The highest BCUT2D eigenvalue weighted by molar-refractivity contribution is 5.81. The zero-order chi connectivity index (χ0) is 14.5. The molecule has 1 aliphatic heterocycles. The summed E-state index contributed by atoms with van der Waals surface area (Å²) >= 11 is 0. The molecule has 5 heteroatoms. The molecule has 0 bridgehead atoms. The van der Waals surface area contributed by atoms with Gasteiger partial charge in [-0.25, -0.2) is 4.39 Å². The molecule has 2 rings (SSSR count). The van der Waals surface area contributed by atoms with Gasteiger partial charge in [0.25, 0.3) is 5.91 Å². The summed E-state index contributed by atoms with van der Waals surface area (Å²) in [5.41, 5.74) is 0. The van der Waals surface area contributed by atoms with Crippen LogP contribution in [0.25, 0.3) is 0 Å². The molecular formula is C15H21FN2O2. The van der Waals surface area contributed by atoms with E-state index in [9.17, 15) is 9.18 Å². The van der Waals surface area contributed by atoms with Gasteiger partial charge in [-0.3, -0.25) is 4.79 Å². The minimum atomic E-state index is -0.496. The molecule has 1 fully saturated rings. The van der Waals surface area contributed by atoms with E-state index in [1.165, 1.54) is 12.1 Å². The standard InChI is InChI=1S/C15H21FN2O2/c1-3-14(20-13-6-4-12(16)5-7-13)15(19)18-10-8-17(2)9-11-18/h4-7,14H,3,8-11H2,1-2H3/t14-/m0/s1. The number of carbonyl (C=O) groups excluding carboxylic acids is 1. The van der Waals surface area contributed by atoms with Crippen molar-refractivity contribution < 1.29 is 13.9 Å². The summed E-state index contributed by atoms with van der Waals surface area (Å²) in [5.74, 6) is 0.237. The van der Waals surface area contributed by atoms with Crippen LogP contribution in [0, 0.1) is 5.82 Å². The summed E-state index contributed by atoms with van der Waals surface area (Å²) in [5, 5.41) is 0. The quantitative estimate of drug-likeness (QED) is 0.842. The number of nitrogens with zero attached hydrogens (tertiary/aromatic N) is 2. The van der Waals surface area contributed by atoms with Crippen molar-refractivity contribution in [2.45, 2.75) is 19.4 Å². The molecule has 1 heterocycles. The first-order chi connectivity index (χ1) is 9.60. The average molecular weight is 280 g/mol. The summed E-state index contributed by atoms with van der Waals surface area (Å²) in [6.45, 7) is 5.16. The van der Waals surface area contributed by atoms with E-state index in [1.54, 1.807) is 12.1 Å². The van der Waals surface area contributed by atoms with Gasteiger partial charge >= 0.3 is 0 Å². The number of piperazine rings is 1. The van der Waals surface area contributed by atoms with Crippen LogP contribution in [0.4, 0.5) is 4.39 Å². The number of benzene rings is 1. The lowest BCUT2D eigenvalue weighted by atomic mass is 10.2. The number of ether oxygens (including phenoxy) is 1. The summed E-state index contributed by atoms with van der Waals surface area (Å²) in [4.78, 5) is 16.5. The van der Waals surface area contributed by atoms with Gasteiger partial charge in [0, 0.05) is 26.2 Å². The Bertz CT molecular complexity index is 442. The maximum absolute atomic E-state index is 12.9. The first-order valence-corrected chi connectivity index (χ1v) is 6.99. The van der Waals surface area contributed by atoms with Crippen LogP contribution < -0.4 is 4.74 Å². The molecule has 1 aromatic rings. The van der Waals surface area contributed by atoms with Gasteiger partial charge in [0.05, 0.1) is 0 Å². The number of amides is 1. The van der Waals surface area contributed by atoms with E-state index in [0.717, 1.165) is 26.2 Å². The maximum Gasteiger partial charge on any atom is 0.263 e. The third-order valence-corrected chi connectivity index (χ3v) is 3.55. The first-order valence-electron chi connectivity index (χ1n) is 6.99. The topological polar surface area (TPSA) is 32.8 Å². The molecule has 0 N–H and O–H groups in total. The van der Waals surface area contributed by atoms with Crippen LogP contribution in [0.2, 0.25) is 0 Å². The minimum absolute atomic E-state index is 0.0184. The Kier molecular flexibility index (Phi) is 4.95. The molecule has 4 nitrogen and oxygen atoms in total. The van der Waals surface area contributed by atoms with E-state index in [4.69, 9.17) is 4.74 Å². The fraction of sp³-hybridized carbons (Fsp3) is 0.533. The predicted octanol–water partition coefficient (Wildman–Crippen LogP) is 1.76. The number of hydrogen-bond donors (Lipinski definition) is 0. The van der Waals surface area contributed by atoms with Gasteiger partial charge in [0.15, 0.2) is 6.10 Å². The summed E-state index contributed by atoms with van der Waals surface area (Å²) in [6, 6.07) is 5.77. The average Bonchev–Trinajstić information content (AvgIpc) is 2.47. The molecule has 110 valence electrons. The van der Waals surface area contributed by atoms with E-state index in [2.05, 4.69) is 4.90 Å². The van der Waals surface area contributed by atoms with Gasteiger partial charge < -0.3 is 14.5 Å². The molecule has 1 aromatic carbocycles. The second-order valence-electron chi connectivity index (χ2n) is 5.10. The number of likely N-dealkylation sites (N-methyl/N-ethyl adjacent to an activating group) is 1. The lowest BCUT2D eigenvalue weighted by Crippen LogP contribution is -2.51. The minimum Gasteiger partial charge on any atom is -0.481 e. The molecule has 0 radical (unpaired) electrons. The van der Waals surface area contributed by atoms with Crippen LogP contribution in [0.5, 0.6) is 5.75 Å². The molecule has 0 saturated carbocycles. The largest absolute Gasteiger partial charge is 0.481 e. The third-order valence-electron chi connectivity index (χ3n) is 3.55. The predicted molar refractivity (Wildman–Crippen MR) is 75.2 cm³/mol. The summed E-state index contributed by atoms with van der Waals surface area (Å²) in [6.07, 6.45) is 0.103. The highest BCUT2D eigenvalue weighted by Crippen LogP contribution is 2.16. The van der Waals surface area contributed by atoms with Crippen LogP contribution in [-0.2, 0) is 4.79 Å². The zero-order valence-corrected chi connectivity index (χ0v) is 12.0. The monoisotopic (exact) mass is 280 g/mol. The Morgan fingerprint density at radius 3 is 2.40 bits per heavy atom. The summed E-state index contributed by atoms with van der Waals surface area (Å²) in [7, 11) is 2.05. The van der Waals surface area contributed by atoms with Crippen molar-refractivity contribution in [2.75, 3.05) is 33.2 Å². The Balaban J connectivity index is 1.97. The molecule has 1 aliphatic rings. The Morgan fingerprint density at radius 1 is 1.25 bits per heavy atom. The molecule has 1 atom stereocenters. The second kappa shape index (κ2) is 6.70. The molecular weight excluding hydrogens is 259 g/mol. The second-order valence-corrected chi connectivity index (χ2v) is 5.10. The highest BCUT2D eigenvalue weighted by atomic mass is 19.1. The Labute approximate surface area is 119 Å². The van der Waals surface area contributed by atoms with Crippen LogP contribution in [0.1, 0.15) is 13.3 Å². The van der Waals surface area contributed by atoms with Crippen LogP contribution in [0.3, 0.4) is 0 Å². The SMILES string of the molecule is CC[C@H](Oc1ccc(F)cc1)C(=O)N1CCN(C)CC1. The van der Waals surface area contributed by atoms with E-state index in [1.807, 2.05) is 18.9 Å². The van der Waals surface area contributed by atoms with Gasteiger partial charge in [-0.05, 0) is 37.7 Å². The molecule has 1 saturated heterocycles. The van der Waals surface area contributed by atoms with Gasteiger partial charge in [-0.2, -0.15) is 0 Å². The van der Waals surface area contributed by atoms with Crippen LogP contribution in [-0.4, -0.2) is 55.0 Å². The lowest BCUT2D eigenvalue weighted by molar-refractivity contribution is -0.140. The van der Waals surface area contributed by atoms with Gasteiger partial charge in [-0.1, -0.05) is 6.92 Å². The third kappa shape index (κ3) is 3.70. The highest BCUT2D eigenvalue weighted by Gasteiger charge is 2.26. The van der Waals surface area contributed by atoms with Crippen molar-refractivity contribution in [3.05, 3.63) is 30.1 Å². The van der Waals surface area contributed by atoms with E-state index in [0.29, 0.717) is 12.2 Å². The van der Waals surface area contributed by atoms with Crippen LogP contribution >= 0.6 is 0 Å². The van der Waals surface area contributed by atoms with E-state index < -0.39 is 6.10 Å². The zero-order valence-electron chi connectivity index (χ0n) is 12.0. The normalized spacial score (nSPS) is 17.9. The molecule has 0 spiro atoms. The van der Waals surface area contributed by atoms with Crippen molar-refractivity contribution in [2.24, 2.45) is 0 Å². The first kappa shape index (κ1) is 14.8. The number of hydrogen-bond acceptors (Lipinski definition) is 3. The molecule has 20 heavy (non-hydrogen) atoms. The van der Waals surface area contributed by atoms with Gasteiger partial charge in [-0.15, -0.1) is 0 Å². The van der Waals surface area contributed by atoms with Crippen molar-refractivity contribution in [3.8, 4) is 5.75 Å². The number of carbonyl (C=O) groups is 1. The lowest BCUT2D eigenvalue weighted by Gasteiger charge is -2.34. The van der Waals surface area contributed by atoms with Gasteiger partial charge in [0.2, 0.25) is 0 Å². The van der Waals surface area contributed by atoms with Crippen LogP contribution in [0.15, 0.2) is 24.3 Å². The number of halogens is 1. The van der Waals surface area contributed by atoms with E-state index >= 15 is 0 Å². The maximum atomic E-state index is 12.9. The smallest absolute Gasteiger partial charge is 0.263 e. The van der Waals surface area contributed by atoms with Crippen molar-refractivity contribution in [1.29, 1.82) is 0 Å². The fourth-order valence-corrected chi connectivity index (χ4v) is 2.22. The fourth-order valence-electron chi connectivity index (χ4n) is 2.22. The molecule has 0 aromatic heterocycles. The molecule has 1 amide bonds. The van der Waals surface area contributed by atoms with Crippen molar-refractivity contribution >= 4 is 5.91 Å². The Hall–Kier alpha value is -1.62. The van der Waals surface area contributed by atoms with Crippen molar-refractivity contribution in [1.82, 2.24) is 9.80 Å².